The first-order valence-corrected chi connectivity index (χ1v) is 7.93. The number of hydrogen-bond acceptors (Lipinski definition) is 3. The minimum Gasteiger partial charge on any atom is -0.381 e. The SMILES string of the molecule is O=C1NCCN1Cc1ccccc1N[C@@H]1CCSC1. The van der Waals surface area contributed by atoms with E-state index in [-0.39, 0.29) is 6.03 Å². The zero-order chi connectivity index (χ0) is 13.1. The second-order valence-electron chi connectivity index (χ2n) is 5.02. The van der Waals surface area contributed by atoms with E-state index in [4.69, 9.17) is 0 Å². The van der Waals surface area contributed by atoms with Crippen molar-refractivity contribution < 1.29 is 4.79 Å². The first-order chi connectivity index (χ1) is 9.33. The van der Waals surface area contributed by atoms with Crippen molar-refractivity contribution in [2.75, 3.05) is 29.9 Å². The van der Waals surface area contributed by atoms with Gasteiger partial charge in [0.1, 0.15) is 0 Å². The number of anilines is 1. The molecule has 0 radical (unpaired) electrons. The number of urea groups is 1. The van der Waals surface area contributed by atoms with Crippen LogP contribution >= 0.6 is 11.8 Å². The quantitative estimate of drug-likeness (QED) is 0.886. The van der Waals surface area contributed by atoms with E-state index in [1.54, 1.807) is 0 Å². The largest absolute Gasteiger partial charge is 0.381 e. The average Bonchev–Trinajstić information content (AvgIpc) is 3.05. The summed E-state index contributed by atoms with van der Waals surface area (Å²) < 4.78 is 0. The highest BCUT2D eigenvalue weighted by atomic mass is 32.2. The Morgan fingerprint density at radius 2 is 2.32 bits per heavy atom. The number of nitrogens with one attached hydrogen (secondary N) is 2. The molecule has 1 aromatic rings. The van der Waals surface area contributed by atoms with Gasteiger partial charge in [-0.25, -0.2) is 4.79 Å². The van der Waals surface area contributed by atoms with Crippen LogP contribution in [0.5, 0.6) is 0 Å². The number of carbonyl (C=O) groups is 1. The van der Waals surface area contributed by atoms with Crippen molar-refractivity contribution in [3.63, 3.8) is 0 Å². The summed E-state index contributed by atoms with van der Waals surface area (Å²) in [5, 5.41) is 6.46. The molecule has 0 saturated carbocycles. The number of benzene rings is 1. The minimum absolute atomic E-state index is 0.0474. The summed E-state index contributed by atoms with van der Waals surface area (Å²) in [6, 6.07) is 8.93. The molecule has 5 heteroatoms. The van der Waals surface area contributed by atoms with Gasteiger partial charge in [-0.3, -0.25) is 0 Å². The molecule has 0 spiro atoms. The molecule has 2 amide bonds. The molecule has 2 heterocycles. The van der Waals surface area contributed by atoms with E-state index in [0.717, 1.165) is 13.1 Å². The molecule has 2 aliphatic rings. The number of para-hydroxylation sites is 1. The molecule has 2 fully saturated rings. The summed E-state index contributed by atoms with van der Waals surface area (Å²) in [4.78, 5) is 13.5. The Morgan fingerprint density at radius 3 is 3.05 bits per heavy atom. The number of carbonyl (C=O) groups excluding carboxylic acids is 1. The number of nitrogens with zero attached hydrogens (tertiary/aromatic N) is 1. The molecular formula is C14H19N3OS. The molecule has 2 aliphatic heterocycles. The number of rotatable bonds is 4. The number of thioether (sulfide) groups is 1. The first-order valence-electron chi connectivity index (χ1n) is 6.78. The lowest BCUT2D eigenvalue weighted by molar-refractivity contribution is 0.215. The predicted molar refractivity (Wildman–Crippen MR) is 79.6 cm³/mol. The monoisotopic (exact) mass is 277 g/mol. The van der Waals surface area contributed by atoms with Gasteiger partial charge in [0.25, 0.3) is 0 Å². The minimum atomic E-state index is 0.0474. The van der Waals surface area contributed by atoms with Gasteiger partial charge in [0, 0.05) is 37.1 Å². The van der Waals surface area contributed by atoms with Crippen LogP contribution in [0.2, 0.25) is 0 Å². The van der Waals surface area contributed by atoms with E-state index in [0.29, 0.717) is 12.6 Å². The Morgan fingerprint density at radius 1 is 1.42 bits per heavy atom. The van der Waals surface area contributed by atoms with Crippen LogP contribution in [0.4, 0.5) is 10.5 Å². The van der Waals surface area contributed by atoms with Crippen molar-refractivity contribution in [3.05, 3.63) is 29.8 Å². The van der Waals surface area contributed by atoms with E-state index >= 15 is 0 Å². The number of hydrogen-bond donors (Lipinski definition) is 2. The fourth-order valence-corrected chi connectivity index (χ4v) is 3.69. The summed E-state index contributed by atoms with van der Waals surface area (Å²) in [7, 11) is 0. The van der Waals surface area contributed by atoms with E-state index in [2.05, 4.69) is 28.8 Å². The van der Waals surface area contributed by atoms with E-state index < -0.39 is 0 Å². The third-order valence-electron chi connectivity index (χ3n) is 3.61. The molecule has 0 bridgehead atoms. The van der Waals surface area contributed by atoms with Crippen LogP contribution in [-0.2, 0) is 6.54 Å². The number of amides is 2. The van der Waals surface area contributed by atoms with Gasteiger partial charge in [-0.1, -0.05) is 18.2 Å². The van der Waals surface area contributed by atoms with Gasteiger partial charge in [0.15, 0.2) is 0 Å². The van der Waals surface area contributed by atoms with Crippen LogP contribution in [0.25, 0.3) is 0 Å². The highest BCUT2D eigenvalue weighted by Gasteiger charge is 2.21. The van der Waals surface area contributed by atoms with Crippen LogP contribution in [0, 0.1) is 0 Å². The van der Waals surface area contributed by atoms with Crippen LogP contribution in [-0.4, -0.2) is 41.6 Å². The smallest absolute Gasteiger partial charge is 0.317 e. The van der Waals surface area contributed by atoms with Crippen molar-refractivity contribution in [2.45, 2.75) is 19.0 Å². The molecule has 0 aliphatic carbocycles. The third kappa shape index (κ3) is 2.97. The highest BCUT2D eigenvalue weighted by Crippen LogP contribution is 2.24. The van der Waals surface area contributed by atoms with Gasteiger partial charge in [0.05, 0.1) is 0 Å². The molecule has 1 atom stereocenters. The molecule has 1 aromatic carbocycles. The van der Waals surface area contributed by atoms with Crippen LogP contribution < -0.4 is 10.6 Å². The van der Waals surface area contributed by atoms with Gasteiger partial charge in [-0.15, -0.1) is 0 Å². The summed E-state index contributed by atoms with van der Waals surface area (Å²) in [5.74, 6) is 2.42. The standard InChI is InChI=1S/C14H19N3OS/c18-14-15-6-7-17(14)9-11-3-1-2-4-13(11)16-12-5-8-19-10-12/h1-4,12,16H,5-10H2,(H,15,18)/t12-/m1/s1. The maximum Gasteiger partial charge on any atom is 0.317 e. The summed E-state index contributed by atoms with van der Waals surface area (Å²) >= 11 is 2.00. The molecule has 19 heavy (non-hydrogen) atoms. The average molecular weight is 277 g/mol. The van der Waals surface area contributed by atoms with Gasteiger partial charge in [0.2, 0.25) is 0 Å². The lowest BCUT2D eigenvalue weighted by atomic mass is 10.1. The second kappa shape index (κ2) is 5.74. The molecule has 102 valence electrons. The van der Waals surface area contributed by atoms with Crippen molar-refractivity contribution in [1.29, 1.82) is 0 Å². The summed E-state index contributed by atoms with van der Waals surface area (Å²) in [6.45, 7) is 2.25. The molecule has 0 aromatic heterocycles. The lowest BCUT2D eigenvalue weighted by Gasteiger charge is -2.20. The van der Waals surface area contributed by atoms with E-state index in [1.165, 1.54) is 29.2 Å². The fraction of sp³-hybridized carbons (Fsp3) is 0.500. The second-order valence-corrected chi connectivity index (χ2v) is 6.17. The summed E-state index contributed by atoms with van der Waals surface area (Å²) in [6.07, 6.45) is 1.23. The van der Waals surface area contributed by atoms with Crippen LogP contribution in [0.15, 0.2) is 24.3 Å². The summed E-state index contributed by atoms with van der Waals surface area (Å²) in [5.41, 5.74) is 2.38. The Balaban J connectivity index is 1.71. The Kier molecular flexibility index (Phi) is 3.82. The van der Waals surface area contributed by atoms with Crippen molar-refractivity contribution in [3.8, 4) is 0 Å². The zero-order valence-corrected chi connectivity index (χ0v) is 11.7. The van der Waals surface area contributed by atoms with Gasteiger partial charge < -0.3 is 15.5 Å². The molecule has 0 unspecified atom stereocenters. The molecule has 4 nitrogen and oxygen atoms in total. The van der Waals surface area contributed by atoms with E-state index in [9.17, 15) is 4.79 Å². The topological polar surface area (TPSA) is 44.4 Å². The zero-order valence-electron chi connectivity index (χ0n) is 10.9. The normalized spacial score (nSPS) is 22.6. The van der Waals surface area contributed by atoms with Crippen LogP contribution in [0.1, 0.15) is 12.0 Å². The maximum absolute atomic E-state index is 11.6. The Labute approximate surface area is 117 Å². The predicted octanol–water partition coefficient (Wildman–Crippen LogP) is 2.13. The maximum atomic E-state index is 11.6. The first kappa shape index (κ1) is 12.7. The van der Waals surface area contributed by atoms with Crippen molar-refractivity contribution >= 4 is 23.5 Å². The van der Waals surface area contributed by atoms with Crippen molar-refractivity contribution in [1.82, 2.24) is 10.2 Å². The molecular weight excluding hydrogens is 258 g/mol. The Hall–Kier alpha value is -1.36. The van der Waals surface area contributed by atoms with Gasteiger partial charge in [-0.2, -0.15) is 11.8 Å². The molecule has 2 N–H and O–H groups in total. The highest BCUT2D eigenvalue weighted by molar-refractivity contribution is 7.99. The van der Waals surface area contributed by atoms with Crippen molar-refractivity contribution in [2.24, 2.45) is 0 Å². The lowest BCUT2D eigenvalue weighted by Crippen LogP contribution is -2.28. The Bertz CT molecular complexity index is 460. The third-order valence-corrected chi connectivity index (χ3v) is 4.78. The molecule has 3 rings (SSSR count). The van der Waals surface area contributed by atoms with Gasteiger partial charge >= 0.3 is 6.03 Å². The van der Waals surface area contributed by atoms with Gasteiger partial charge in [-0.05, 0) is 23.8 Å². The molecule has 2 saturated heterocycles. The van der Waals surface area contributed by atoms with Crippen LogP contribution in [0.3, 0.4) is 0 Å². The fourth-order valence-electron chi connectivity index (χ4n) is 2.53. The van der Waals surface area contributed by atoms with E-state index in [1.807, 2.05) is 22.7 Å².